The van der Waals surface area contributed by atoms with Gasteiger partial charge in [-0.05, 0) is 38.3 Å². The fourth-order valence-corrected chi connectivity index (χ4v) is 3.47. The number of thiazole rings is 1. The highest BCUT2D eigenvalue weighted by Crippen LogP contribution is 2.29. The van der Waals surface area contributed by atoms with E-state index < -0.39 is 6.04 Å². The van der Waals surface area contributed by atoms with Crippen LogP contribution in [0.5, 0.6) is 0 Å². The first-order valence-electron chi connectivity index (χ1n) is 7.69. The molecule has 1 aromatic heterocycles. The minimum atomic E-state index is -0.578. The Morgan fingerprint density at radius 1 is 1.35 bits per heavy atom. The van der Waals surface area contributed by atoms with Crippen LogP contribution in [0.3, 0.4) is 0 Å². The highest BCUT2D eigenvalue weighted by atomic mass is 32.1. The summed E-state index contributed by atoms with van der Waals surface area (Å²) in [5, 5.41) is 3.37. The van der Waals surface area contributed by atoms with Gasteiger partial charge in [-0.25, -0.2) is 4.98 Å². The summed E-state index contributed by atoms with van der Waals surface area (Å²) in [4.78, 5) is 31.9. The number of hydrogen-bond donors (Lipinski definition) is 1. The van der Waals surface area contributed by atoms with E-state index in [1.165, 1.54) is 11.3 Å². The Morgan fingerprint density at radius 2 is 2.13 bits per heavy atom. The molecule has 2 aromatic rings. The molecule has 6 heteroatoms. The van der Waals surface area contributed by atoms with Gasteiger partial charge in [0.1, 0.15) is 6.04 Å². The molecule has 2 heterocycles. The van der Waals surface area contributed by atoms with Crippen LogP contribution in [0.4, 0.5) is 10.8 Å². The second-order valence-electron chi connectivity index (χ2n) is 5.69. The number of fused-ring (bicyclic) bond motifs is 1. The molecule has 0 fully saturated rings. The van der Waals surface area contributed by atoms with Crippen LogP contribution in [0.1, 0.15) is 30.2 Å². The summed E-state index contributed by atoms with van der Waals surface area (Å²) in [6.45, 7) is 3.70. The van der Waals surface area contributed by atoms with Crippen LogP contribution < -0.4 is 10.2 Å². The van der Waals surface area contributed by atoms with Gasteiger partial charge < -0.3 is 5.32 Å². The topological polar surface area (TPSA) is 62.3 Å². The molecule has 0 aliphatic carbocycles. The molecule has 1 aliphatic rings. The molecule has 1 aromatic carbocycles. The lowest BCUT2D eigenvalue weighted by atomic mass is 10.1. The van der Waals surface area contributed by atoms with Crippen molar-refractivity contribution in [3.05, 3.63) is 40.9 Å². The molecule has 1 aliphatic heterocycles. The van der Waals surface area contributed by atoms with Crippen LogP contribution in [0.15, 0.2) is 30.5 Å². The van der Waals surface area contributed by atoms with E-state index in [1.54, 1.807) is 18.0 Å². The fourth-order valence-electron chi connectivity index (χ4n) is 2.81. The normalized spacial score (nSPS) is 15.7. The van der Waals surface area contributed by atoms with Crippen molar-refractivity contribution in [1.82, 2.24) is 4.98 Å². The number of benzene rings is 1. The van der Waals surface area contributed by atoms with E-state index in [1.807, 2.05) is 31.2 Å². The third-order valence-electron chi connectivity index (χ3n) is 3.97. The summed E-state index contributed by atoms with van der Waals surface area (Å²) in [5.41, 5.74) is 1.95. The van der Waals surface area contributed by atoms with Crippen LogP contribution in [0.2, 0.25) is 0 Å². The van der Waals surface area contributed by atoms with E-state index in [0.29, 0.717) is 11.6 Å². The number of aromatic nitrogens is 1. The Morgan fingerprint density at radius 3 is 2.87 bits per heavy atom. The van der Waals surface area contributed by atoms with Crippen molar-refractivity contribution < 1.29 is 9.59 Å². The molecule has 1 atom stereocenters. The highest BCUT2D eigenvalue weighted by Gasteiger charge is 2.30. The number of hydrogen-bond acceptors (Lipinski definition) is 4. The smallest absolute Gasteiger partial charge is 0.249 e. The van der Waals surface area contributed by atoms with Crippen LogP contribution in [0, 0.1) is 6.92 Å². The molecular weight excluding hydrogens is 310 g/mol. The molecule has 2 amide bonds. The summed E-state index contributed by atoms with van der Waals surface area (Å²) >= 11 is 1.42. The molecular formula is C17H19N3O2S. The zero-order valence-electron chi connectivity index (χ0n) is 13.2. The molecule has 3 rings (SSSR count). The van der Waals surface area contributed by atoms with Crippen molar-refractivity contribution in [3.8, 4) is 0 Å². The monoisotopic (exact) mass is 329 g/mol. The number of nitrogens with zero attached hydrogens (tertiary/aromatic N) is 2. The van der Waals surface area contributed by atoms with Gasteiger partial charge in [0.15, 0.2) is 5.13 Å². The molecule has 5 nitrogen and oxygen atoms in total. The van der Waals surface area contributed by atoms with Gasteiger partial charge in [0.25, 0.3) is 0 Å². The fraction of sp³-hybridized carbons (Fsp3) is 0.353. The summed E-state index contributed by atoms with van der Waals surface area (Å²) in [6, 6.07) is 7.23. The minimum Gasteiger partial charge on any atom is -0.300 e. The van der Waals surface area contributed by atoms with E-state index in [9.17, 15) is 9.59 Å². The van der Waals surface area contributed by atoms with Crippen LogP contribution in [-0.2, 0) is 16.0 Å². The Balaban J connectivity index is 1.86. The summed E-state index contributed by atoms with van der Waals surface area (Å²) < 4.78 is 0. The van der Waals surface area contributed by atoms with Crippen LogP contribution in [0.25, 0.3) is 0 Å². The maximum atomic E-state index is 12.6. The average Bonchev–Trinajstić information content (AvgIpc) is 2.85. The van der Waals surface area contributed by atoms with E-state index in [2.05, 4.69) is 10.3 Å². The van der Waals surface area contributed by atoms with Gasteiger partial charge >= 0.3 is 0 Å². The van der Waals surface area contributed by atoms with Gasteiger partial charge in [0, 0.05) is 23.2 Å². The third kappa shape index (κ3) is 3.27. The maximum Gasteiger partial charge on any atom is 0.249 e. The van der Waals surface area contributed by atoms with Gasteiger partial charge in [-0.2, -0.15) is 0 Å². The largest absolute Gasteiger partial charge is 0.300 e. The molecule has 23 heavy (non-hydrogen) atoms. The Hall–Kier alpha value is -2.21. The minimum absolute atomic E-state index is 0.00656. The molecule has 0 saturated heterocycles. The summed E-state index contributed by atoms with van der Waals surface area (Å²) in [5.74, 6) is -0.225. The summed E-state index contributed by atoms with van der Waals surface area (Å²) in [6.07, 6.45) is 3.85. The van der Waals surface area contributed by atoms with Crippen molar-refractivity contribution in [2.24, 2.45) is 0 Å². The number of nitrogens with one attached hydrogen (secondary N) is 1. The quantitative estimate of drug-likeness (QED) is 0.941. The molecule has 1 N–H and O–H groups in total. The van der Waals surface area contributed by atoms with Crippen LogP contribution >= 0.6 is 11.3 Å². The zero-order chi connectivity index (χ0) is 16.4. The third-order valence-corrected chi connectivity index (χ3v) is 4.80. The van der Waals surface area contributed by atoms with Crippen molar-refractivity contribution in [3.63, 3.8) is 0 Å². The molecule has 0 radical (unpaired) electrons. The first-order valence-corrected chi connectivity index (χ1v) is 8.51. The predicted octanol–water partition coefficient (Wildman–Crippen LogP) is 3.15. The first-order chi connectivity index (χ1) is 11.1. The Bertz CT molecular complexity index is 741. The second kappa shape index (κ2) is 6.50. The molecule has 0 spiro atoms. The van der Waals surface area contributed by atoms with E-state index >= 15 is 0 Å². The molecule has 120 valence electrons. The van der Waals surface area contributed by atoms with Gasteiger partial charge in [-0.15, -0.1) is 11.3 Å². The lowest BCUT2D eigenvalue weighted by molar-refractivity contribution is -0.123. The van der Waals surface area contributed by atoms with E-state index in [4.69, 9.17) is 0 Å². The highest BCUT2D eigenvalue weighted by molar-refractivity contribution is 7.15. The van der Waals surface area contributed by atoms with E-state index in [0.717, 1.165) is 29.0 Å². The van der Waals surface area contributed by atoms with Gasteiger partial charge in [0.05, 0.1) is 0 Å². The SMILES string of the molecule is Cc1cnc(NC(=O)C(C)N2C(=O)CCCc3ccccc32)s1. The second-order valence-corrected chi connectivity index (χ2v) is 6.92. The Labute approximate surface area is 139 Å². The van der Waals surface area contributed by atoms with Crippen molar-refractivity contribution in [2.75, 3.05) is 10.2 Å². The van der Waals surface area contributed by atoms with E-state index in [-0.39, 0.29) is 11.8 Å². The lowest BCUT2D eigenvalue weighted by Gasteiger charge is -2.28. The van der Waals surface area contributed by atoms with Gasteiger partial charge in [-0.1, -0.05) is 18.2 Å². The standard InChI is InChI=1S/C17H19N3O2S/c1-11-10-18-17(23-11)19-16(22)12(2)20-14-8-4-3-6-13(14)7-5-9-15(20)21/h3-4,6,8,10,12H,5,7,9H2,1-2H3,(H,18,19,22). The van der Waals surface area contributed by atoms with Crippen molar-refractivity contribution in [2.45, 2.75) is 39.2 Å². The van der Waals surface area contributed by atoms with Crippen molar-refractivity contribution >= 4 is 34.0 Å². The number of para-hydroxylation sites is 1. The number of carbonyl (C=O) groups excluding carboxylic acids is 2. The van der Waals surface area contributed by atoms with Crippen molar-refractivity contribution in [1.29, 1.82) is 0 Å². The van der Waals surface area contributed by atoms with Gasteiger partial charge in [0.2, 0.25) is 11.8 Å². The lowest BCUT2D eigenvalue weighted by Crippen LogP contribution is -2.45. The Kier molecular flexibility index (Phi) is 4.43. The molecule has 0 bridgehead atoms. The molecule has 0 saturated carbocycles. The average molecular weight is 329 g/mol. The number of carbonyl (C=O) groups is 2. The number of amides is 2. The zero-order valence-corrected chi connectivity index (χ0v) is 14.0. The number of aryl methyl sites for hydroxylation is 2. The summed E-state index contributed by atoms with van der Waals surface area (Å²) in [7, 11) is 0. The van der Waals surface area contributed by atoms with Crippen LogP contribution in [-0.4, -0.2) is 22.8 Å². The maximum absolute atomic E-state index is 12.6. The first kappa shape index (κ1) is 15.7. The van der Waals surface area contributed by atoms with Gasteiger partial charge in [-0.3, -0.25) is 14.5 Å². The molecule has 1 unspecified atom stereocenters. The predicted molar refractivity (Wildman–Crippen MR) is 91.8 cm³/mol. The number of rotatable bonds is 3. The number of anilines is 2.